The van der Waals surface area contributed by atoms with Crippen LogP contribution in [0.3, 0.4) is 0 Å². The summed E-state index contributed by atoms with van der Waals surface area (Å²) in [4.78, 5) is 2.75. The molecule has 1 rings (SSSR count). The van der Waals surface area contributed by atoms with E-state index in [0.29, 0.717) is 0 Å². The summed E-state index contributed by atoms with van der Waals surface area (Å²) in [5, 5.41) is 0. The van der Waals surface area contributed by atoms with E-state index in [4.69, 9.17) is 0 Å². The van der Waals surface area contributed by atoms with Gasteiger partial charge in [0, 0.05) is 6.04 Å². The molecule has 0 bridgehead atoms. The number of nitrogens with zero attached hydrogens (tertiary/aromatic N) is 1. The van der Waals surface area contributed by atoms with E-state index in [-0.39, 0.29) is 0 Å². The number of hydrogen-bond donors (Lipinski definition) is 0. The molecule has 1 saturated heterocycles. The lowest BCUT2D eigenvalue weighted by Crippen LogP contribution is -2.37. The monoisotopic (exact) mass is 239 g/mol. The number of likely N-dealkylation sites (tertiary alicyclic amines) is 1. The third kappa shape index (κ3) is 5.42. The Morgan fingerprint density at radius 2 is 1.71 bits per heavy atom. The van der Waals surface area contributed by atoms with Gasteiger partial charge in [-0.25, -0.2) is 0 Å². The third-order valence-corrected chi connectivity index (χ3v) is 4.63. The van der Waals surface area contributed by atoms with E-state index in [1.165, 1.54) is 58.0 Å². The average molecular weight is 239 g/mol. The fourth-order valence-corrected chi connectivity index (χ4v) is 3.13. The van der Waals surface area contributed by atoms with Crippen molar-refractivity contribution in [2.75, 3.05) is 13.1 Å². The lowest BCUT2D eigenvalue weighted by atomic mass is 9.92. The number of unbranched alkanes of at least 4 members (excludes halogenated alkanes) is 4. The number of hydrogen-bond acceptors (Lipinski definition) is 1. The molecule has 0 saturated carbocycles. The molecule has 0 amide bonds. The van der Waals surface area contributed by atoms with Crippen LogP contribution in [-0.2, 0) is 0 Å². The summed E-state index contributed by atoms with van der Waals surface area (Å²) in [7, 11) is 0. The zero-order valence-electron chi connectivity index (χ0n) is 12.5. The summed E-state index contributed by atoms with van der Waals surface area (Å²) < 4.78 is 0. The van der Waals surface area contributed by atoms with Crippen molar-refractivity contribution in [2.45, 2.75) is 78.7 Å². The lowest BCUT2D eigenvalue weighted by molar-refractivity contribution is 0.173. The molecule has 3 atom stereocenters. The van der Waals surface area contributed by atoms with Gasteiger partial charge in [0.15, 0.2) is 0 Å². The maximum Gasteiger partial charge on any atom is 0.00926 e. The van der Waals surface area contributed by atoms with E-state index >= 15 is 0 Å². The van der Waals surface area contributed by atoms with Crippen LogP contribution in [-0.4, -0.2) is 24.0 Å². The summed E-state index contributed by atoms with van der Waals surface area (Å²) in [5.41, 5.74) is 0. The van der Waals surface area contributed by atoms with Crippen molar-refractivity contribution >= 4 is 0 Å². The molecule has 1 aliphatic rings. The first-order valence-corrected chi connectivity index (χ1v) is 7.89. The highest BCUT2D eigenvalue weighted by atomic mass is 15.2. The largest absolute Gasteiger partial charge is 0.300 e. The molecule has 0 spiro atoms. The summed E-state index contributed by atoms with van der Waals surface area (Å²) in [6, 6.07) is 0.797. The van der Waals surface area contributed by atoms with E-state index in [9.17, 15) is 0 Å². The second kappa shape index (κ2) is 8.13. The maximum absolute atomic E-state index is 2.75. The molecule has 0 aromatic heterocycles. The van der Waals surface area contributed by atoms with Gasteiger partial charge in [-0.1, -0.05) is 46.5 Å². The summed E-state index contributed by atoms with van der Waals surface area (Å²) in [6.07, 6.45) is 9.88. The van der Waals surface area contributed by atoms with Gasteiger partial charge < -0.3 is 4.90 Å². The van der Waals surface area contributed by atoms with E-state index in [1.54, 1.807) is 0 Å². The number of rotatable bonds is 6. The Balaban J connectivity index is 2.25. The first kappa shape index (κ1) is 15.0. The highest BCUT2D eigenvalue weighted by Gasteiger charge is 2.25. The molecule has 3 unspecified atom stereocenters. The van der Waals surface area contributed by atoms with Crippen LogP contribution in [0, 0.1) is 11.8 Å². The van der Waals surface area contributed by atoms with Crippen LogP contribution in [0.2, 0.25) is 0 Å². The minimum atomic E-state index is 0.797. The normalized spacial score (nSPS) is 31.4. The van der Waals surface area contributed by atoms with Crippen molar-refractivity contribution in [2.24, 2.45) is 11.8 Å². The van der Waals surface area contributed by atoms with Crippen molar-refractivity contribution < 1.29 is 0 Å². The van der Waals surface area contributed by atoms with Crippen LogP contribution in [0.25, 0.3) is 0 Å². The van der Waals surface area contributed by atoms with Crippen LogP contribution >= 0.6 is 0 Å². The van der Waals surface area contributed by atoms with Gasteiger partial charge in [-0.05, 0) is 51.1 Å². The Labute approximate surface area is 109 Å². The molecule has 0 aromatic carbocycles. The summed E-state index contributed by atoms with van der Waals surface area (Å²) in [5.74, 6) is 1.81. The van der Waals surface area contributed by atoms with Crippen molar-refractivity contribution in [3.05, 3.63) is 0 Å². The average Bonchev–Trinajstić information content (AvgIpc) is 2.42. The zero-order valence-corrected chi connectivity index (χ0v) is 12.5. The second-order valence-corrected chi connectivity index (χ2v) is 6.30. The van der Waals surface area contributed by atoms with Crippen molar-refractivity contribution in [3.63, 3.8) is 0 Å². The Hall–Kier alpha value is -0.0400. The molecule has 1 aliphatic heterocycles. The third-order valence-electron chi connectivity index (χ3n) is 4.63. The fraction of sp³-hybridized carbons (Fsp3) is 1.00. The van der Waals surface area contributed by atoms with Crippen molar-refractivity contribution in [1.82, 2.24) is 4.90 Å². The van der Waals surface area contributed by atoms with Gasteiger partial charge in [-0.3, -0.25) is 0 Å². The molecular formula is C16H33N. The van der Waals surface area contributed by atoms with Gasteiger partial charge in [-0.2, -0.15) is 0 Å². The van der Waals surface area contributed by atoms with E-state index in [2.05, 4.69) is 32.6 Å². The SMILES string of the molecule is CCCCCCCN1CCC(C)CC(C)C1C. The van der Waals surface area contributed by atoms with Crippen molar-refractivity contribution in [1.29, 1.82) is 0 Å². The van der Waals surface area contributed by atoms with Crippen LogP contribution in [0.15, 0.2) is 0 Å². The summed E-state index contributed by atoms with van der Waals surface area (Å²) in [6.45, 7) is 12.3. The van der Waals surface area contributed by atoms with Gasteiger partial charge in [0.2, 0.25) is 0 Å². The van der Waals surface area contributed by atoms with Gasteiger partial charge in [0.1, 0.15) is 0 Å². The molecule has 17 heavy (non-hydrogen) atoms. The first-order chi connectivity index (χ1) is 8.15. The van der Waals surface area contributed by atoms with Crippen LogP contribution in [0.5, 0.6) is 0 Å². The maximum atomic E-state index is 2.75. The molecule has 1 heterocycles. The predicted molar refractivity (Wildman–Crippen MR) is 77.4 cm³/mol. The van der Waals surface area contributed by atoms with Gasteiger partial charge in [0.05, 0.1) is 0 Å². The van der Waals surface area contributed by atoms with Gasteiger partial charge in [-0.15, -0.1) is 0 Å². The highest BCUT2D eigenvalue weighted by molar-refractivity contribution is 4.79. The van der Waals surface area contributed by atoms with E-state index < -0.39 is 0 Å². The van der Waals surface area contributed by atoms with Crippen LogP contribution in [0.4, 0.5) is 0 Å². The molecule has 1 heteroatoms. The first-order valence-electron chi connectivity index (χ1n) is 7.89. The Kier molecular flexibility index (Phi) is 7.18. The molecule has 102 valence electrons. The molecule has 0 radical (unpaired) electrons. The quantitative estimate of drug-likeness (QED) is 0.607. The molecule has 1 nitrogen and oxygen atoms in total. The molecular weight excluding hydrogens is 206 g/mol. The molecule has 0 aromatic rings. The Bertz CT molecular complexity index is 190. The van der Waals surface area contributed by atoms with Crippen LogP contribution < -0.4 is 0 Å². The zero-order chi connectivity index (χ0) is 12.7. The summed E-state index contributed by atoms with van der Waals surface area (Å²) >= 11 is 0. The molecule has 0 N–H and O–H groups in total. The Morgan fingerprint density at radius 1 is 1.00 bits per heavy atom. The fourth-order valence-electron chi connectivity index (χ4n) is 3.13. The minimum Gasteiger partial charge on any atom is -0.300 e. The molecule has 0 aliphatic carbocycles. The lowest BCUT2D eigenvalue weighted by Gasteiger charge is -2.30. The van der Waals surface area contributed by atoms with E-state index in [0.717, 1.165) is 17.9 Å². The Morgan fingerprint density at radius 3 is 2.41 bits per heavy atom. The van der Waals surface area contributed by atoms with Gasteiger partial charge >= 0.3 is 0 Å². The van der Waals surface area contributed by atoms with E-state index in [1.807, 2.05) is 0 Å². The van der Waals surface area contributed by atoms with Crippen molar-refractivity contribution in [3.8, 4) is 0 Å². The topological polar surface area (TPSA) is 3.24 Å². The smallest absolute Gasteiger partial charge is 0.00926 e. The standard InChI is InChI=1S/C16H33N/c1-5-6-7-8-9-11-17-12-10-14(2)13-15(3)16(17)4/h14-16H,5-13H2,1-4H3. The predicted octanol–water partition coefficient (Wildman–Crippen LogP) is 4.71. The minimum absolute atomic E-state index is 0.797. The van der Waals surface area contributed by atoms with Crippen LogP contribution in [0.1, 0.15) is 72.6 Å². The highest BCUT2D eigenvalue weighted by Crippen LogP contribution is 2.26. The molecule has 1 fully saturated rings. The van der Waals surface area contributed by atoms with Gasteiger partial charge in [0.25, 0.3) is 0 Å². The second-order valence-electron chi connectivity index (χ2n) is 6.30.